The van der Waals surface area contributed by atoms with Crippen molar-refractivity contribution in [3.8, 4) is 11.5 Å². The van der Waals surface area contributed by atoms with Gasteiger partial charge in [0.15, 0.2) is 11.5 Å². The predicted molar refractivity (Wildman–Crippen MR) is 102 cm³/mol. The van der Waals surface area contributed by atoms with E-state index in [-0.39, 0.29) is 11.8 Å². The summed E-state index contributed by atoms with van der Waals surface area (Å²) in [5.74, 6) is 1.06. The largest absolute Gasteiger partial charge is 0.493 e. The Bertz CT molecular complexity index is 1090. The van der Waals surface area contributed by atoms with Gasteiger partial charge in [-0.2, -0.15) is 17.7 Å². The van der Waals surface area contributed by atoms with Crippen LogP contribution in [0.5, 0.6) is 11.5 Å². The summed E-state index contributed by atoms with van der Waals surface area (Å²) in [4.78, 5) is 1.99. The summed E-state index contributed by atoms with van der Waals surface area (Å²) in [6, 6.07) is 7.51. The Balaban J connectivity index is 1.30. The second-order valence-corrected chi connectivity index (χ2v) is 7.61. The first-order chi connectivity index (χ1) is 14.4. The highest BCUT2D eigenvalue weighted by Crippen LogP contribution is 2.32. The summed E-state index contributed by atoms with van der Waals surface area (Å²) in [6.45, 7) is 3.79. The molecule has 0 spiro atoms. The molecule has 1 aromatic carbocycles. The van der Waals surface area contributed by atoms with Gasteiger partial charge in [0.1, 0.15) is 17.6 Å². The normalized spacial score (nSPS) is 17.3. The molecule has 2 aromatic heterocycles. The van der Waals surface area contributed by atoms with Crippen molar-refractivity contribution in [2.24, 2.45) is 0 Å². The van der Waals surface area contributed by atoms with Crippen molar-refractivity contribution in [1.29, 1.82) is 0 Å². The van der Waals surface area contributed by atoms with Crippen LogP contribution in [-0.4, -0.2) is 45.6 Å². The standard InChI is InChI=1S/C20H20F3N5O2/c1-12-10-17-24-25-19(20(21,22)23)28(17)26-18(12)27-7-4-14(5-8-27)30-15-3-2-13-6-9-29-16(13)11-15/h2-3,10-11,14H,4-9H2,1H3. The molecule has 5 rings (SSSR count). The van der Waals surface area contributed by atoms with Crippen LogP contribution in [0.4, 0.5) is 19.0 Å². The fourth-order valence-electron chi connectivity index (χ4n) is 4.00. The zero-order valence-electron chi connectivity index (χ0n) is 16.3. The number of nitrogens with zero attached hydrogens (tertiary/aromatic N) is 5. The number of anilines is 1. The number of aromatic nitrogens is 4. The molecule has 0 unspecified atom stereocenters. The van der Waals surface area contributed by atoms with E-state index in [1.165, 1.54) is 5.56 Å². The highest BCUT2D eigenvalue weighted by Gasteiger charge is 2.38. The number of hydrogen-bond donors (Lipinski definition) is 0. The molecule has 0 atom stereocenters. The van der Waals surface area contributed by atoms with Gasteiger partial charge >= 0.3 is 6.18 Å². The van der Waals surface area contributed by atoms with Crippen LogP contribution in [0.3, 0.4) is 0 Å². The predicted octanol–water partition coefficient (Wildman–Crippen LogP) is 3.43. The topological polar surface area (TPSA) is 64.8 Å². The van der Waals surface area contributed by atoms with Gasteiger partial charge in [-0.1, -0.05) is 6.07 Å². The monoisotopic (exact) mass is 419 g/mol. The first-order valence-corrected chi connectivity index (χ1v) is 9.86. The Morgan fingerprint density at radius 1 is 1.13 bits per heavy atom. The summed E-state index contributed by atoms with van der Waals surface area (Å²) in [6.07, 6.45) is -2.17. The minimum absolute atomic E-state index is 0.0328. The van der Waals surface area contributed by atoms with Crippen LogP contribution in [0.15, 0.2) is 24.3 Å². The van der Waals surface area contributed by atoms with Crippen molar-refractivity contribution in [2.75, 3.05) is 24.6 Å². The molecule has 0 bridgehead atoms. The molecule has 4 heterocycles. The van der Waals surface area contributed by atoms with Gasteiger partial charge in [0.2, 0.25) is 0 Å². The Kier molecular flexibility index (Phi) is 4.44. The number of ether oxygens (including phenoxy) is 2. The van der Waals surface area contributed by atoms with Gasteiger partial charge in [0.25, 0.3) is 5.82 Å². The molecule has 2 aliphatic rings. The van der Waals surface area contributed by atoms with Crippen molar-refractivity contribution in [1.82, 2.24) is 19.8 Å². The van der Waals surface area contributed by atoms with E-state index in [1.54, 1.807) is 6.07 Å². The third-order valence-electron chi connectivity index (χ3n) is 5.52. The fourth-order valence-corrected chi connectivity index (χ4v) is 4.00. The lowest BCUT2D eigenvalue weighted by Gasteiger charge is -2.33. The second kappa shape index (κ2) is 7.03. The van der Waals surface area contributed by atoms with Gasteiger partial charge in [0, 0.05) is 38.4 Å². The lowest BCUT2D eigenvalue weighted by atomic mass is 10.1. The molecule has 0 aliphatic carbocycles. The quantitative estimate of drug-likeness (QED) is 0.648. The number of piperidine rings is 1. The second-order valence-electron chi connectivity index (χ2n) is 7.61. The summed E-state index contributed by atoms with van der Waals surface area (Å²) in [5.41, 5.74) is 2.04. The van der Waals surface area contributed by atoms with Crippen LogP contribution in [0.2, 0.25) is 0 Å². The third kappa shape index (κ3) is 3.40. The average molecular weight is 419 g/mol. The van der Waals surface area contributed by atoms with E-state index in [4.69, 9.17) is 9.47 Å². The zero-order chi connectivity index (χ0) is 20.9. The molecule has 1 fully saturated rings. The molecule has 158 valence electrons. The molecule has 30 heavy (non-hydrogen) atoms. The molecule has 0 radical (unpaired) electrons. The lowest BCUT2D eigenvalue weighted by Crippen LogP contribution is -2.39. The number of hydrogen-bond acceptors (Lipinski definition) is 6. The SMILES string of the molecule is Cc1cc2nnc(C(F)(F)F)n2nc1N1CCC(Oc2ccc3c(c2)OCC3)CC1. The maximum absolute atomic E-state index is 13.2. The fraction of sp³-hybridized carbons (Fsp3) is 0.450. The summed E-state index contributed by atoms with van der Waals surface area (Å²) in [7, 11) is 0. The molecular formula is C20H20F3N5O2. The zero-order valence-corrected chi connectivity index (χ0v) is 16.3. The molecular weight excluding hydrogens is 399 g/mol. The summed E-state index contributed by atoms with van der Waals surface area (Å²) in [5, 5.41) is 11.1. The van der Waals surface area contributed by atoms with Crippen molar-refractivity contribution >= 4 is 11.5 Å². The van der Waals surface area contributed by atoms with E-state index >= 15 is 0 Å². The summed E-state index contributed by atoms with van der Waals surface area (Å²) < 4.78 is 52.0. The Labute approximate surface area is 170 Å². The van der Waals surface area contributed by atoms with E-state index in [1.807, 2.05) is 30.0 Å². The minimum Gasteiger partial charge on any atom is -0.493 e. The summed E-state index contributed by atoms with van der Waals surface area (Å²) >= 11 is 0. The van der Waals surface area contributed by atoms with E-state index in [0.717, 1.165) is 40.8 Å². The van der Waals surface area contributed by atoms with Crippen molar-refractivity contribution in [3.05, 3.63) is 41.2 Å². The molecule has 0 N–H and O–H groups in total. The van der Waals surface area contributed by atoms with Gasteiger partial charge in [-0.25, -0.2) is 0 Å². The van der Waals surface area contributed by atoms with Crippen molar-refractivity contribution in [2.45, 2.75) is 38.5 Å². The molecule has 0 amide bonds. The number of rotatable bonds is 3. The number of alkyl halides is 3. The van der Waals surface area contributed by atoms with Gasteiger partial charge in [0.05, 0.1) is 6.61 Å². The first kappa shape index (κ1) is 19.0. The smallest absolute Gasteiger partial charge is 0.453 e. The molecule has 1 saturated heterocycles. The maximum Gasteiger partial charge on any atom is 0.453 e. The molecule has 7 nitrogen and oxygen atoms in total. The Morgan fingerprint density at radius 3 is 2.70 bits per heavy atom. The van der Waals surface area contributed by atoms with Crippen LogP contribution in [0.25, 0.3) is 5.65 Å². The highest BCUT2D eigenvalue weighted by atomic mass is 19.4. The van der Waals surface area contributed by atoms with Gasteiger partial charge in [-0.05, 0) is 30.2 Å². The highest BCUT2D eigenvalue weighted by molar-refractivity contribution is 5.53. The van der Waals surface area contributed by atoms with Crippen molar-refractivity contribution < 1.29 is 22.6 Å². The van der Waals surface area contributed by atoms with Gasteiger partial charge in [-0.3, -0.25) is 0 Å². The molecule has 10 heteroatoms. The number of fused-ring (bicyclic) bond motifs is 2. The maximum atomic E-state index is 13.2. The Morgan fingerprint density at radius 2 is 1.93 bits per heavy atom. The third-order valence-corrected chi connectivity index (χ3v) is 5.52. The van der Waals surface area contributed by atoms with Gasteiger partial charge < -0.3 is 14.4 Å². The first-order valence-electron chi connectivity index (χ1n) is 9.86. The van der Waals surface area contributed by atoms with Crippen LogP contribution >= 0.6 is 0 Å². The molecule has 2 aliphatic heterocycles. The Hall–Kier alpha value is -3.04. The van der Waals surface area contributed by atoms with Crippen LogP contribution in [0.1, 0.15) is 29.8 Å². The lowest BCUT2D eigenvalue weighted by molar-refractivity contribution is -0.146. The minimum atomic E-state index is -4.61. The van der Waals surface area contributed by atoms with E-state index in [9.17, 15) is 13.2 Å². The van der Waals surface area contributed by atoms with Crippen LogP contribution < -0.4 is 14.4 Å². The average Bonchev–Trinajstić information content (AvgIpc) is 3.33. The van der Waals surface area contributed by atoms with Gasteiger partial charge in [-0.15, -0.1) is 15.3 Å². The number of benzene rings is 1. The van der Waals surface area contributed by atoms with E-state index in [0.29, 0.717) is 25.5 Å². The van der Waals surface area contributed by atoms with E-state index < -0.39 is 12.0 Å². The van der Waals surface area contributed by atoms with Crippen LogP contribution in [0, 0.1) is 6.92 Å². The molecule has 3 aromatic rings. The molecule has 0 saturated carbocycles. The van der Waals surface area contributed by atoms with Crippen molar-refractivity contribution in [3.63, 3.8) is 0 Å². The number of aryl methyl sites for hydroxylation is 1. The van der Waals surface area contributed by atoms with Crippen LogP contribution in [-0.2, 0) is 12.6 Å². The van der Waals surface area contributed by atoms with E-state index in [2.05, 4.69) is 15.3 Å². The number of halogens is 3.